The van der Waals surface area contributed by atoms with Crippen molar-refractivity contribution in [1.82, 2.24) is 4.57 Å². The molecule has 5 heteroatoms. The van der Waals surface area contributed by atoms with Crippen LogP contribution in [0.15, 0.2) is 72.7 Å². The Labute approximate surface area is 183 Å². The van der Waals surface area contributed by atoms with Gasteiger partial charge in [-0.05, 0) is 17.2 Å². The van der Waals surface area contributed by atoms with Crippen molar-refractivity contribution in [3.63, 3.8) is 0 Å². The quantitative estimate of drug-likeness (QED) is 0.537. The van der Waals surface area contributed by atoms with Crippen LogP contribution in [0.1, 0.15) is 37.9 Å². The molecule has 28 heavy (non-hydrogen) atoms. The smallest absolute Gasteiger partial charge is 0.608 e. The third-order valence-corrected chi connectivity index (χ3v) is 6.39. The molecule has 0 amide bonds. The molecule has 2 aromatic carbocycles. The third kappa shape index (κ3) is 7.89. The van der Waals surface area contributed by atoms with Gasteiger partial charge in [0.25, 0.3) is 0 Å². The predicted molar refractivity (Wildman–Crippen MR) is 113 cm³/mol. The van der Waals surface area contributed by atoms with E-state index in [4.69, 9.17) is 4.74 Å². The van der Waals surface area contributed by atoms with E-state index in [0.717, 1.165) is 12.1 Å². The zero-order chi connectivity index (χ0) is 20.1. The fourth-order valence-electron chi connectivity index (χ4n) is 3.01. The van der Waals surface area contributed by atoms with Gasteiger partial charge in [-0.15, -0.1) is 0 Å². The maximum atomic E-state index is 12.6. The summed E-state index contributed by atoms with van der Waals surface area (Å²) in [5.41, 5.74) is 1.86. The van der Waals surface area contributed by atoms with E-state index >= 15 is 0 Å². The van der Waals surface area contributed by atoms with Crippen molar-refractivity contribution in [2.45, 2.75) is 58.6 Å². The van der Waals surface area contributed by atoms with Crippen LogP contribution in [-0.2, 0) is 11.3 Å². The summed E-state index contributed by atoms with van der Waals surface area (Å²) in [5.74, 6) is -0.271. The summed E-state index contributed by atoms with van der Waals surface area (Å²) in [6.07, 6.45) is 1.74. The molecule has 1 atom stereocenters. The summed E-state index contributed by atoms with van der Waals surface area (Å²) in [4.78, 5) is 0. The van der Waals surface area contributed by atoms with Crippen LogP contribution >= 0.6 is 0 Å². The Balaban J connectivity index is 0.00000392. The van der Waals surface area contributed by atoms with Gasteiger partial charge in [0.2, 0.25) is 0 Å². The number of hydrogen-bond donors (Lipinski definition) is 0. The first-order valence-corrected chi connectivity index (χ1v) is 12.9. The van der Waals surface area contributed by atoms with Crippen molar-refractivity contribution in [3.05, 3.63) is 83.8 Å². The number of nitrogens with zero attached hydrogens (tertiary/aromatic N) is 1. The van der Waals surface area contributed by atoms with E-state index in [2.05, 4.69) is 60.6 Å². The van der Waals surface area contributed by atoms with Crippen LogP contribution in [0.3, 0.4) is 0 Å². The van der Waals surface area contributed by atoms with E-state index in [0.29, 0.717) is 0 Å². The summed E-state index contributed by atoms with van der Waals surface area (Å²) < 4.78 is 8.07. The Hall–Kier alpha value is -1.45. The second-order valence-corrected chi connectivity index (χ2v) is 13.8. The zero-order valence-corrected chi connectivity index (χ0v) is 19.4. The van der Waals surface area contributed by atoms with Crippen molar-refractivity contribution in [2.75, 3.05) is 0 Å². The van der Waals surface area contributed by atoms with Crippen molar-refractivity contribution in [2.24, 2.45) is 0 Å². The molecule has 0 saturated heterocycles. The number of rotatable bonds is 7. The van der Waals surface area contributed by atoms with Crippen LogP contribution in [0.25, 0.3) is 0 Å². The van der Waals surface area contributed by atoms with E-state index in [1.54, 1.807) is 6.08 Å². The van der Waals surface area contributed by atoms with Crippen molar-refractivity contribution < 1.29 is 28.7 Å². The van der Waals surface area contributed by atoms with Crippen LogP contribution in [-0.4, -0.2) is 18.4 Å². The second-order valence-electron chi connectivity index (χ2n) is 8.84. The summed E-state index contributed by atoms with van der Waals surface area (Å²) in [7, 11) is -1.75. The SMILES string of the molecule is CC(C)(C)O/C([O-])=C/[C@@H](c1ccccc1)N(Cc1ccccc1)[Si](C)(C)C.[Li+]. The Kier molecular flexibility index (Phi) is 9.10. The van der Waals surface area contributed by atoms with E-state index in [-0.39, 0.29) is 30.8 Å². The first-order valence-electron chi connectivity index (χ1n) is 9.50. The molecule has 0 fully saturated rings. The van der Waals surface area contributed by atoms with Crippen molar-refractivity contribution in [1.29, 1.82) is 0 Å². The molecule has 0 N–H and O–H groups in total. The minimum Gasteiger partial charge on any atom is -0.608 e. The van der Waals surface area contributed by atoms with Gasteiger partial charge >= 0.3 is 18.9 Å². The normalized spacial score (nSPS) is 13.8. The maximum Gasteiger partial charge on any atom is 1.00 e. The standard InChI is InChI=1S/C23H33NO2Si.Li/c1-23(2,3)26-22(25)17-21(20-15-11-8-12-16-20)24(27(4,5)6)18-19-13-9-7-10-14-19;/h7-17,21,25H,18H2,1-6H3;/q;+1/p-1/b22-17+;/t21-;/m0./s1. The predicted octanol–water partition coefficient (Wildman–Crippen LogP) is 2.09. The Morgan fingerprint density at radius 2 is 1.50 bits per heavy atom. The molecule has 0 aliphatic carbocycles. The molecule has 0 unspecified atom stereocenters. The van der Waals surface area contributed by atoms with E-state index < -0.39 is 13.8 Å². The molecular weight excluding hydrogens is 357 g/mol. The fourth-order valence-corrected chi connectivity index (χ4v) is 4.73. The average Bonchev–Trinajstić information content (AvgIpc) is 2.57. The summed E-state index contributed by atoms with van der Waals surface area (Å²) in [5, 5.41) is 12.6. The van der Waals surface area contributed by atoms with Gasteiger partial charge in [-0.2, -0.15) is 0 Å². The van der Waals surface area contributed by atoms with Gasteiger partial charge in [-0.1, -0.05) is 101 Å². The molecule has 146 valence electrons. The third-order valence-electron chi connectivity index (χ3n) is 4.23. The first-order chi connectivity index (χ1) is 12.6. The van der Waals surface area contributed by atoms with Crippen LogP contribution in [0.2, 0.25) is 19.6 Å². The molecule has 0 heterocycles. The maximum absolute atomic E-state index is 12.6. The molecule has 0 aliphatic rings. The number of ether oxygens (including phenoxy) is 1. The van der Waals surface area contributed by atoms with Gasteiger partial charge in [0.05, 0.1) is 0 Å². The zero-order valence-electron chi connectivity index (χ0n) is 18.4. The molecular formula is C23H32LiNO2Si. The van der Waals surface area contributed by atoms with Crippen LogP contribution in [0.5, 0.6) is 0 Å². The molecule has 3 nitrogen and oxygen atoms in total. The largest absolute Gasteiger partial charge is 1.00 e. The molecule has 0 bridgehead atoms. The van der Waals surface area contributed by atoms with Gasteiger partial charge in [0, 0.05) is 24.1 Å². The Morgan fingerprint density at radius 1 is 1.00 bits per heavy atom. The van der Waals surface area contributed by atoms with Crippen molar-refractivity contribution in [3.8, 4) is 0 Å². The molecule has 0 aromatic heterocycles. The first kappa shape index (κ1) is 24.6. The molecule has 2 rings (SSSR count). The van der Waals surface area contributed by atoms with Crippen molar-refractivity contribution >= 4 is 8.24 Å². The topological polar surface area (TPSA) is 35.5 Å². The van der Waals surface area contributed by atoms with Gasteiger partial charge < -0.3 is 14.4 Å². The summed E-state index contributed by atoms with van der Waals surface area (Å²) in [6.45, 7) is 13.4. The van der Waals surface area contributed by atoms with Crippen LogP contribution in [0, 0.1) is 0 Å². The van der Waals surface area contributed by atoms with E-state index in [9.17, 15) is 5.11 Å². The Morgan fingerprint density at radius 3 is 1.96 bits per heavy atom. The second kappa shape index (κ2) is 10.4. The minimum atomic E-state index is -1.75. The molecule has 0 aliphatic heterocycles. The summed E-state index contributed by atoms with van der Waals surface area (Å²) >= 11 is 0. The van der Waals surface area contributed by atoms with Gasteiger partial charge in [0.15, 0.2) is 0 Å². The molecule has 2 aromatic rings. The van der Waals surface area contributed by atoms with E-state index in [1.807, 2.05) is 45.0 Å². The minimum absolute atomic E-state index is 0. The average molecular weight is 390 g/mol. The monoisotopic (exact) mass is 389 g/mol. The fraction of sp³-hybridized carbons (Fsp3) is 0.391. The Bertz CT molecular complexity index is 737. The van der Waals surface area contributed by atoms with Crippen LogP contribution in [0.4, 0.5) is 0 Å². The van der Waals surface area contributed by atoms with E-state index in [1.165, 1.54) is 5.56 Å². The van der Waals surface area contributed by atoms with Gasteiger partial charge in [0.1, 0.15) is 8.24 Å². The molecule has 0 radical (unpaired) electrons. The summed E-state index contributed by atoms with van der Waals surface area (Å²) in [6, 6.07) is 20.5. The number of benzene rings is 2. The van der Waals surface area contributed by atoms with Gasteiger partial charge in [-0.25, -0.2) is 0 Å². The number of hydrogen-bond acceptors (Lipinski definition) is 3. The molecule has 0 spiro atoms. The van der Waals surface area contributed by atoms with Crippen LogP contribution < -0.4 is 24.0 Å². The van der Waals surface area contributed by atoms with Gasteiger partial charge in [-0.3, -0.25) is 0 Å². The molecule has 0 saturated carbocycles.